The average Bonchev–Trinajstić information content (AvgIpc) is 3.11. The van der Waals surface area contributed by atoms with Crippen molar-refractivity contribution in [2.24, 2.45) is 5.10 Å². The van der Waals surface area contributed by atoms with Gasteiger partial charge in [-0.15, -0.1) is 0 Å². The molecule has 0 bridgehead atoms. The summed E-state index contributed by atoms with van der Waals surface area (Å²) in [6.45, 7) is -0.190. The van der Waals surface area contributed by atoms with Crippen molar-refractivity contribution in [3.8, 4) is 17.1 Å². The van der Waals surface area contributed by atoms with E-state index in [1.165, 1.54) is 6.21 Å². The molecule has 3 aromatic rings. The van der Waals surface area contributed by atoms with Crippen molar-refractivity contribution >= 4 is 46.9 Å². The molecule has 0 aliphatic heterocycles. The lowest BCUT2D eigenvalue weighted by molar-refractivity contribution is -0.123. The molecule has 5 nitrogen and oxygen atoms in total. The number of hydrogen-bond acceptors (Lipinski definition) is 4. The lowest BCUT2D eigenvalue weighted by atomic mass is 10.2. The molecule has 0 aliphatic carbocycles. The molecular formula is C19H13Cl3N2O3. The van der Waals surface area contributed by atoms with Gasteiger partial charge in [0.15, 0.2) is 6.61 Å². The van der Waals surface area contributed by atoms with E-state index in [0.29, 0.717) is 32.3 Å². The van der Waals surface area contributed by atoms with Crippen LogP contribution >= 0.6 is 34.8 Å². The molecule has 0 radical (unpaired) electrons. The van der Waals surface area contributed by atoms with Gasteiger partial charge in [0.1, 0.15) is 17.3 Å². The number of amides is 1. The fraction of sp³-hybridized carbons (Fsp3) is 0.0526. The standard InChI is InChI=1S/C19H13Cl3N2O3/c20-13-2-1-3-14(9-13)26-11-19(25)24-23-10-15-5-7-18(27-15)12-4-6-16(21)17(22)8-12/h1-10H,11H2,(H,24,25)/b23-10+. The van der Waals surface area contributed by atoms with Crippen molar-refractivity contribution in [2.45, 2.75) is 0 Å². The molecular weight excluding hydrogens is 411 g/mol. The monoisotopic (exact) mass is 422 g/mol. The van der Waals surface area contributed by atoms with Gasteiger partial charge in [0.2, 0.25) is 0 Å². The van der Waals surface area contributed by atoms with E-state index in [1.54, 1.807) is 54.6 Å². The van der Waals surface area contributed by atoms with Crippen molar-refractivity contribution in [2.75, 3.05) is 6.61 Å². The minimum absolute atomic E-state index is 0.190. The first kappa shape index (κ1) is 19.3. The highest BCUT2D eigenvalue weighted by Crippen LogP contribution is 2.29. The second-order valence-corrected chi connectivity index (χ2v) is 6.62. The van der Waals surface area contributed by atoms with Gasteiger partial charge in [-0.3, -0.25) is 4.79 Å². The SMILES string of the molecule is O=C(COc1cccc(Cl)c1)N/N=C/c1ccc(-c2ccc(Cl)c(Cl)c2)o1. The first-order valence-electron chi connectivity index (χ1n) is 7.77. The molecule has 0 aliphatic rings. The summed E-state index contributed by atoms with van der Waals surface area (Å²) in [4.78, 5) is 11.7. The second kappa shape index (κ2) is 8.95. The van der Waals surface area contributed by atoms with E-state index < -0.39 is 5.91 Å². The maximum atomic E-state index is 11.7. The summed E-state index contributed by atoms with van der Waals surface area (Å²) in [6.07, 6.45) is 1.39. The van der Waals surface area contributed by atoms with Crippen LogP contribution in [-0.2, 0) is 4.79 Å². The van der Waals surface area contributed by atoms with Crippen molar-refractivity contribution in [3.63, 3.8) is 0 Å². The van der Waals surface area contributed by atoms with Crippen LogP contribution in [0.2, 0.25) is 15.1 Å². The zero-order valence-electron chi connectivity index (χ0n) is 13.8. The van der Waals surface area contributed by atoms with Crippen LogP contribution in [0.25, 0.3) is 11.3 Å². The Morgan fingerprint density at radius 3 is 2.70 bits per heavy atom. The number of hydrogen-bond donors (Lipinski definition) is 1. The number of nitrogens with zero attached hydrogens (tertiary/aromatic N) is 1. The summed E-state index contributed by atoms with van der Waals surface area (Å²) >= 11 is 17.8. The van der Waals surface area contributed by atoms with Crippen LogP contribution in [0.4, 0.5) is 0 Å². The molecule has 3 rings (SSSR count). The maximum Gasteiger partial charge on any atom is 0.277 e. The highest BCUT2D eigenvalue weighted by molar-refractivity contribution is 6.42. The van der Waals surface area contributed by atoms with Gasteiger partial charge >= 0.3 is 0 Å². The number of nitrogens with one attached hydrogen (secondary N) is 1. The summed E-state index contributed by atoms with van der Waals surface area (Å²) in [6, 6.07) is 15.4. The van der Waals surface area contributed by atoms with E-state index in [1.807, 2.05) is 0 Å². The maximum absolute atomic E-state index is 11.7. The normalized spacial score (nSPS) is 10.9. The molecule has 1 aromatic heterocycles. The van der Waals surface area contributed by atoms with E-state index in [9.17, 15) is 4.79 Å². The molecule has 0 atom stereocenters. The summed E-state index contributed by atoms with van der Waals surface area (Å²) in [5.74, 6) is 1.15. The van der Waals surface area contributed by atoms with E-state index in [2.05, 4.69) is 10.5 Å². The predicted octanol–water partition coefficient (Wildman–Crippen LogP) is 5.44. The van der Waals surface area contributed by atoms with Gasteiger partial charge in [-0.25, -0.2) is 5.43 Å². The Labute approximate surface area is 170 Å². The predicted molar refractivity (Wildman–Crippen MR) is 107 cm³/mol. The Morgan fingerprint density at radius 2 is 1.93 bits per heavy atom. The first-order chi connectivity index (χ1) is 13.0. The fourth-order valence-corrected chi connectivity index (χ4v) is 2.61. The molecule has 1 amide bonds. The third-order valence-electron chi connectivity index (χ3n) is 3.38. The number of ether oxygens (including phenoxy) is 1. The van der Waals surface area contributed by atoms with E-state index >= 15 is 0 Å². The summed E-state index contributed by atoms with van der Waals surface area (Å²) < 4.78 is 11.0. The van der Waals surface area contributed by atoms with Crippen molar-refractivity contribution in [1.82, 2.24) is 5.43 Å². The molecule has 0 saturated carbocycles. The Morgan fingerprint density at radius 1 is 1.07 bits per heavy atom. The van der Waals surface area contributed by atoms with Crippen LogP contribution in [0.15, 0.2) is 64.1 Å². The number of rotatable bonds is 6. The highest BCUT2D eigenvalue weighted by Gasteiger charge is 2.07. The Hall–Kier alpha value is -2.47. The number of furan rings is 1. The molecule has 1 N–H and O–H groups in total. The van der Waals surface area contributed by atoms with Crippen molar-refractivity contribution in [3.05, 3.63) is 75.4 Å². The van der Waals surface area contributed by atoms with E-state index in [-0.39, 0.29) is 6.61 Å². The molecule has 0 saturated heterocycles. The van der Waals surface area contributed by atoms with Gasteiger partial charge in [-0.05, 0) is 48.5 Å². The average molecular weight is 424 g/mol. The third-order valence-corrected chi connectivity index (χ3v) is 4.35. The van der Waals surface area contributed by atoms with Gasteiger partial charge in [-0.1, -0.05) is 40.9 Å². The quantitative estimate of drug-likeness (QED) is 0.424. The van der Waals surface area contributed by atoms with Gasteiger partial charge in [0, 0.05) is 10.6 Å². The Kier molecular flexibility index (Phi) is 6.40. The second-order valence-electron chi connectivity index (χ2n) is 5.37. The topological polar surface area (TPSA) is 63.8 Å². The first-order valence-corrected chi connectivity index (χ1v) is 8.90. The largest absolute Gasteiger partial charge is 0.484 e. The zero-order valence-corrected chi connectivity index (χ0v) is 16.1. The van der Waals surface area contributed by atoms with E-state index in [0.717, 1.165) is 5.56 Å². The Balaban J connectivity index is 1.53. The van der Waals surface area contributed by atoms with Gasteiger partial charge in [0.05, 0.1) is 16.3 Å². The van der Waals surface area contributed by atoms with Crippen LogP contribution in [0.1, 0.15) is 5.76 Å². The molecule has 1 heterocycles. The Bertz CT molecular complexity index is 986. The number of carbonyl (C=O) groups is 1. The summed E-state index contributed by atoms with van der Waals surface area (Å²) in [7, 11) is 0. The van der Waals surface area contributed by atoms with E-state index in [4.69, 9.17) is 44.0 Å². The van der Waals surface area contributed by atoms with Crippen molar-refractivity contribution < 1.29 is 13.9 Å². The summed E-state index contributed by atoms with van der Waals surface area (Å²) in [5.41, 5.74) is 3.14. The fourth-order valence-electron chi connectivity index (χ4n) is 2.13. The van der Waals surface area contributed by atoms with Crippen LogP contribution < -0.4 is 10.2 Å². The summed E-state index contributed by atoms with van der Waals surface area (Å²) in [5, 5.41) is 5.27. The van der Waals surface area contributed by atoms with Gasteiger partial charge in [-0.2, -0.15) is 5.10 Å². The molecule has 138 valence electrons. The lowest BCUT2D eigenvalue weighted by Gasteiger charge is -2.04. The van der Waals surface area contributed by atoms with Crippen LogP contribution in [-0.4, -0.2) is 18.7 Å². The molecule has 27 heavy (non-hydrogen) atoms. The number of carbonyl (C=O) groups excluding carboxylic acids is 1. The number of benzene rings is 2. The third kappa shape index (κ3) is 5.50. The van der Waals surface area contributed by atoms with Crippen LogP contribution in [0.5, 0.6) is 5.75 Å². The van der Waals surface area contributed by atoms with Gasteiger partial charge < -0.3 is 9.15 Å². The molecule has 0 unspecified atom stereocenters. The minimum atomic E-state index is -0.414. The zero-order chi connectivity index (χ0) is 19.2. The minimum Gasteiger partial charge on any atom is -0.484 e. The number of hydrazone groups is 1. The highest BCUT2D eigenvalue weighted by atomic mass is 35.5. The molecule has 0 spiro atoms. The van der Waals surface area contributed by atoms with Crippen LogP contribution in [0.3, 0.4) is 0 Å². The van der Waals surface area contributed by atoms with Gasteiger partial charge in [0.25, 0.3) is 5.91 Å². The number of halogens is 3. The smallest absolute Gasteiger partial charge is 0.277 e. The molecule has 2 aromatic carbocycles. The van der Waals surface area contributed by atoms with Crippen LogP contribution in [0, 0.1) is 0 Å². The molecule has 8 heteroatoms. The molecule has 0 fully saturated rings. The van der Waals surface area contributed by atoms with Crippen molar-refractivity contribution in [1.29, 1.82) is 0 Å². The lowest BCUT2D eigenvalue weighted by Crippen LogP contribution is -2.24.